The zero-order valence-corrected chi connectivity index (χ0v) is 11.3. The van der Waals surface area contributed by atoms with Gasteiger partial charge in [-0.1, -0.05) is 32.0 Å². The number of benzene rings is 1. The molecule has 19 heavy (non-hydrogen) atoms. The van der Waals surface area contributed by atoms with E-state index in [1.54, 1.807) is 0 Å². The van der Waals surface area contributed by atoms with Crippen molar-refractivity contribution in [3.63, 3.8) is 0 Å². The fraction of sp³-hybridized carbons (Fsp3) is 0.429. The van der Waals surface area contributed by atoms with E-state index in [-0.39, 0.29) is 18.4 Å². The van der Waals surface area contributed by atoms with E-state index >= 15 is 0 Å². The molecule has 5 nitrogen and oxygen atoms in total. The van der Waals surface area contributed by atoms with Crippen LogP contribution in [0, 0.1) is 0 Å². The second-order valence-corrected chi connectivity index (χ2v) is 4.58. The van der Waals surface area contributed by atoms with Gasteiger partial charge >= 0.3 is 5.97 Å². The van der Waals surface area contributed by atoms with Crippen LogP contribution in [0.15, 0.2) is 24.3 Å². The van der Waals surface area contributed by atoms with Crippen LogP contribution in [-0.2, 0) is 14.3 Å². The van der Waals surface area contributed by atoms with Gasteiger partial charge in [-0.2, -0.15) is 0 Å². The lowest BCUT2D eigenvalue weighted by Gasteiger charge is -2.14. The summed E-state index contributed by atoms with van der Waals surface area (Å²) in [4.78, 5) is 22.2. The molecule has 1 unspecified atom stereocenters. The number of carbonyl (C=O) groups is 2. The topological polar surface area (TPSA) is 75.6 Å². The molecule has 1 aromatic rings. The number of hydrogen-bond acceptors (Lipinski definition) is 3. The Morgan fingerprint density at radius 3 is 2.47 bits per heavy atom. The summed E-state index contributed by atoms with van der Waals surface area (Å²) in [7, 11) is 0. The van der Waals surface area contributed by atoms with Crippen molar-refractivity contribution in [2.45, 2.75) is 32.8 Å². The Morgan fingerprint density at radius 1 is 1.26 bits per heavy atom. The van der Waals surface area contributed by atoms with E-state index in [9.17, 15) is 9.59 Å². The molecule has 5 heteroatoms. The Bertz CT molecular complexity index is 457. The van der Waals surface area contributed by atoms with Crippen LogP contribution in [0.2, 0.25) is 0 Å². The largest absolute Gasteiger partial charge is 0.479 e. The van der Waals surface area contributed by atoms with E-state index in [0.29, 0.717) is 0 Å². The van der Waals surface area contributed by atoms with E-state index in [2.05, 4.69) is 5.32 Å². The van der Waals surface area contributed by atoms with Gasteiger partial charge < -0.3 is 15.2 Å². The monoisotopic (exact) mass is 265 g/mol. The Morgan fingerprint density at radius 2 is 1.89 bits per heavy atom. The van der Waals surface area contributed by atoms with Gasteiger partial charge in [0.2, 0.25) is 5.91 Å². The molecule has 0 heterocycles. The van der Waals surface area contributed by atoms with Gasteiger partial charge in [0.1, 0.15) is 6.61 Å². The molecule has 0 aliphatic carbocycles. The molecule has 104 valence electrons. The van der Waals surface area contributed by atoms with E-state index < -0.39 is 12.1 Å². The molecule has 0 bridgehead atoms. The minimum Gasteiger partial charge on any atom is -0.479 e. The minimum absolute atomic E-state index is 0.278. The van der Waals surface area contributed by atoms with Crippen molar-refractivity contribution >= 4 is 17.6 Å². The number of carbonyl (C=O) groups excluding carboxylic acids is 1. The van der Waals surface area contributed by atoms with Gasteiger partial charge in [0, 0.05) is 5.69 Å². The number of anilines is 1. The number of amides is 1. The average molecular weight is 265 g/mol. The van der Waals surface area contributed by atoms with Crippen LogP contribution in [0.25, 0.3) is 0 Å². The van der Waals surface area contributed by atoms with Crippen molar-refractivity contribution < 1.29 is 19.4 Å². The highest BCUT2D eigenvalue weighted by Gasteiger charge is 2.14. The van der Waals surface area contributed by atoms with Crippen LogP contribution < -0.4 is 5.32 Å². The molecule has 1 aromatic carbocycles. The number of ether oxygens (including phenoxy) is 1. The van der Waals surface area contributed by atoms with Crippen LogP contribution in [-0.4, -0.2) is 29.7 Å². The highest BCUT2D eigenvalue weighted by molar-refractivity contribution is 5.92. The number of carboxylic acid groups (broad SMARTS) is 1. The molecule has 0 saturated carbocycles. The molecule has 0 radical (unpaired) electrons. The quantitative estimate of drug-likeness (QED) is 0.827. The summed E-state index contributed by atoms with van der Waals surface area (Å²) in [6.07, 6.45) is -0.994. The highest BCUT2D eigenvalue weighted by Crippen LogP contribution is 2.23. The molecule has 1 atom stereocenters. The lowest BCUT2D eigenvalue weighted by molar-refractivity contribution is -0.150. The smallest absolute Gasteiger partial charge is 0.332 e. The summed E-state index contributed by atoms with van der Waals surface area (Å²) in [6.45, 7) is 5.18. The first-order valence-electron chi connectivity index (χ1n) is 6.15. The predicted octanol–water partition coefficient (Wildman–Crippen LogP) is 2.24. The third-order valence-electron chi connectivity index (χ3n) is 2.67. The Balaban J connectivity index is 2.60. The number of carboxylic acids is 1. The maximum Gasteiger partial charge on any atom is 0.332 e. The molecular formula is C14H19NO4. The van der Waals surface area contributed by atoms with E-state index in [1.165, 1.54) is 6.92 Å². The van der Waals surface area contributed by atoms with Crippen molar-refractivity contribution in [1.82, 2.24) is 0 Å². The van der Waals surface area contributed by atoms with Gasteiger partial charge in [-0.25, -0.2) is 4.79 Å². The third-order valence-corrected chi connectivity index (χ3v) is 2.67. The van der Waals surface area contributed by atoms with Gasteiger partial charge in [0.05, 0.1) is 0 Å². The lowest BCUT2D eigenvalue weighted by atomic mass is 10.0. The van der Waals surface area contributed by atoms with Crippen LogP contribution in [0.5, 0.6) is 0 Å². The number of aliphatic carboxylic acids is 1. The van der Waals surface area contributed by atoms with E-state index in [4.69, 9.17) is 9.84 Å². The van der Waals surface area contributed by atoms with Gasteiger partial charge in [-0.15, -0.1) is 0 Å². The Kier molecular flexibility index (Phi) is 5.51. The van der Waals surface area contributed by atoms with Crippen molar-refractivity contribution in [2.24, 2.45) is 0 Å². The molecule has 1 rings (SSSR count). The standard InChI is InChI=1S/C14H19NO4/c1-9(2)11-6-4-5-7-12(11)15-13(16)8-19-10(3)14(17)18/h4-7,9-10H,8H2,1-3H3,(H,15,16)(H,17,18). The molecule has 1 amide bonds. The summed E-state index contributed by atoms with van der Waals surface area (Å²) < 4.78 is 4.93. The third kappa shape index (κ3) is 4.71. The molecule has 0 aliphatic rings. The number of nitrogens with one attached hydrogen (secondary N) is 1. The minimum atomic E-state index is -1.09. The molecule has 0 aromatic heterocycles. The average Bonchev–Trinajstić information content (AvgIpc) is 2.36. The van der Waals surface area contributed by atoms with Gasteiger partial charge in [-0.3, -0.25) is 4.79 Å². The van der Waals surface area contributed by atoms with E-state index in [0.717, 1.165) is 11.3 Å². The normalized spacial score (nSPS) is 12.2. The highest BCUT2D eigenvalue weighted by atomic mass is 16.5. The zero-order valence-electron chi connectivity index (χ0n) is 11.3. The second-order valence-electron chi connectivity index (χ2n) is 4.58. The zero-order chi connectivity index (χ0) is 14.4. The summed E-state index contributed by atoms with van der Waals surface area (Å²) in [6, 6.07) is 7.51. The van der Waals surface area contributed by atoms with Crippen molar-refractivity contribution in [3.05, 3.63) is 29.8 Å². The van der Waals surface area contributed by atoms with Gasteiger partial charge in [0.15, 0.2) is 6.10 Å². The fourth-order valence-corrected chi connectivity index (χ4v) is 1.57. The van der Waals surface area contributed by atoms with E-state index in [1.807, 2.05) is 38.1 Å². The van der Waals surface area contributed by atoms with Crippen LogP contribution in [0.1, 0.15) is 32.3 Å². The molecule has 0 spiro atoms. The molecule has 2 N–H and O–H groups in total. The first kappa shape index (κ1) is 15.2. The molecule has 0 saturated heterocycles. The Labute approximate surface area is 112 Å². The van der Waals surface area contributed by atoms with Gasteiger partial charge in [-0.05, 0) is 24.5 Å². The molecule has 0 aliphatic heterocycles. The summed E-state index contributed by atoms with van der Waals surface area (Å²) in [5.41, 5.74) is 1.76. The summed E-state index contributed by atoms with van der Waals surface area (Å²) >= 11 is 0. The van der Waals surface area contributed by atoms with Crippen LogP contribution in [0.3, 0.4) is 0 Å². The van der Waals surface area contributed by atoms with Crippen LogP contribution >= 0.6 is 0 Å². The maximum atomic E-state index is 11.7. The number of rotatable bonds is 6. The van der Waals surface area contributed by atoms with Crippen molar-refractivity contribution in [2.75, 3.05) is 11.9 Å². The SMILES string of the molecule is CC(OCC(=O)Nc1ccccc1C(C)C)C(=O)O. The van der Waals surface area contributed by atoms with Gasteiger partial charge in [0.25, 0.3) is 0 Å². The van der Waals surface area contributed by atoms with Crippen molar-refractivity contribution in [3.8, 4) is 0 Å². The summed E-state index contributed by atoms with van der Waals surface area (Å²) in [5, 5.41) is 11.4. The predicted molar refractivity (Wildman–Crippen MR) is 72.2 cm³/mol. The Hall–Kier alpha value is -1.88. The first-order chi connectivity index (χ1) is 8.91. The fourth-order valence-electron chi connectivity index (χ4n) is 1.57. The van der Waals surface area contributed by atoms with Crippen LogP contribution in [0.4, 0.5) is 5.69 Å². The number of hydrogen-bond donors (Lipinski definition) is 2. The summed E-state index contributed by atoms with van der Waals surface area (Å²) in [5.74, 6) is -1.16. The first-order valence-corrected chi connectivity index (χ1v) is 6.15. The molecule has 0 fully saturated rings. The second kappa shape index (κ2) is 6.89. The lowest BCUT2D eigenvalue weighted by Crippen LogP contribution is -2.26. The van der Waals surface area contributed by atoms with Crippen molar-refractivity contribution in [1.29, 1.82) is 0 Å². The maximum absolute atomic E-state index is 11.7. The number of para-hydroxylation sites is 1. The molecular weight excluding hydrogens is 246 g/mol.